The van der Waals surface area contributed by atoms with Crippen molar-refractivity contribution in [2.45, 2.75) is 40.3 Å². The van der Waals surface area contributed by atoms with Gasteiger partial charge in [-0.15, -0.1) is 0 Å². The van der Waals surface area contributed by atoms with Crippen LogP contribution in [0.5, 0.6) is 5.75 Å². The maximum absolute atomic E-state index is 5.79. The minimum absolute atomic E-state index is 0.573. The average molecular weight is 244 g/mol. The van der Waals surface area contributed by atoms with Crippen LogP contribution in [0, 0.1) is 6.92 Å². The Labute approximate surface area is 108 Å². The molecule has 3 nitrogen and oxygen atoms in total. The Morgan fingerprint density at radius 2 is 1.89 bits per heavy atom. The monoisotopic (exact) mass is 244 g/mol. The van der Waals surface area contributed by atoms with Gasteiger partial charge in [0.25, 0.3) is 0 Å². The van der Waals surface area contributed by atoms with Crippen molar-refractivity contribution in [3.63, 3.8) is 0 Å². The summed E-state index contributed by atoms with van der Waals surface area (Å²) in [6.45, 7) is 7.74. The van der Waals surface area contributed by atoms with Crippen molar-refractivity contribution in [2.24, 2.45) is 0 Å². The molecule has 0 radical (unpaired) electrons. The molecule has 2 aromatic rings. The largest absolute Gasteiger partial charge is 0.487 e. The number of hydrogen-bond acceptors (Lipinski definition) is 2. The molecular weight excluding hydrogens is 224 g/mol. The van der Waals surface area contributed by atoms with Crippen LogP contribution in [-0.2, 0) is 19.6 Å². The second kappa shape index (κ2) is 5.71. The third-order valence-corrected chi connectivity index (χ3v) is 2.98. The molecule has 96 valence electrons. The summed E-state index contributed by atoms with van der Waals surface area (Å²) < 4.78 is 7.79. The summed E-state index contributed by atoms with van der Waals surface area (Å²) in [5.41, 5.74) is 3.50. The quantitative estimate of drug-likeness (QED) is 0.806. The van der Waals surface area contributed by atoms with Crippen LogP contribution >= 0.6 is 0 Å². The van der Waals surface area contributed by atoms with Crippen LogP contribution in [0.2, 0.25) is 0 Å². The number of hydrogen-bond donors (Lipinski definition) is 0. The van der Waals surface area contributed by atoms with E-state index in [0.717, 1.165) is 30.1 Å². The molecule has 18 heavy (non-hydrogen) atoms. The van der Waals surface area contributed by atoms with E-state index in [1.807, 2.05) is 16.8 Å². The van der Waals surface area contributed by atoms with E-state index in [1.165, 1.54) is 5.56 Å². The Morgan fingerprint density at radius 3 is 2.50 bits per heavy atom. The van der Waals surface area contributed by atoms with Crippen molar-refractivity contribution in [3.05, 3.63) is 47.3 Å². The molecule has 0 unspecified atom stereocenters. The van der Waals surface area contributed by atoms with Crippen LogP contribution < -0.4 is 4.74 Å². The van der Waals surface area contributed by atoms with Crippen molar-refractivity contribution in [1.82, 2.24) is 9.78 Å². The molecular formula is C15H20N2O. The molecule has 0 aliphatic heterocycles. The van der Waals surface area contributed by atoms with Crippen LogP contribution in [0.15, 0.2) is 30.3 Å². The molecule has 1 heterocycles. The Kier molecular flexibility index (Phi) is 4.03. The molecule has 1 aromatic carbocycles. The predicted octanol–water partition coefficient (Wildman–Crippen LogP) is 3.35. The summed E-state index contributed by atoms with van der Waals surface area (Å²) in [7, 11) is 0. The summed E-state index contributed by atoms with van der Waals surface area (Å²) in [4.78, 5) is 0. The molecule has 0 N–H and O–H groups in total. The first-order valence-corrected chi connectivity index (χ1v) is 6.48. The third kappa shape index (κ3) is 2.92. The highest BCUT2D eigenvalue weighted by atomic mass is 16.5. The molecule has 3 heteroatoms. The van der Waals surface area contributed by atoms with Crippen molar-refractivity contribution >= 4 is 0 Å². The maximum atomic E-state index is 5.79. The van der Waals surface area contributed by atoms with Crippen molar-refractivity contribution < 1.29 is 4.74 Å². The van der Waals surface area contributed by atoms with E-state index in [0.29, 0.717) is 6.61 Å². The summed E-state index contributed by atoms with van der Waals surface area (Å²) >= 11 is 0. The van der Waals surface area contributed by atoms with Gasteiger partial charge >= 0.3 is 0 Å². The maximum Gasteiger partial charge on any atom is 0.130 e. The van der Waals surface area contributed by atoms with Gasteiger partial charge in [0, 0.05) is 6.54 Å². The zero-order chi connectivity index (χ0) is 13.0. The van der Waals surface area contributed by atoms with Crippen LogP contribution in [0.25, 0.3) is 0 Å². The molecule has 1 aromatic heterocycles. The van der Waals surface area contributed by atoms with Crippen LogP contribution in [-0.4, -0.2) is 9.78 Å². The van der Waals surface area contributed by atoms with Crippen LogP contribution in [0.1, 0.15) is 30.8 Å². The zero-order valence-electron chi connectivity index (χ0n) is 11.3. The molecule has 0 aliphatic carbocycles. The number of aromatic nitrogens is 2. The molecule has 0 fully saturated rings. The molecule has 0 spiro atoms. The van der Waals surface area contributed by atoms with E-state index in [1.54, 1.807) is 0 Å². The van der Waals surface area contributed by atoms with Crippen LogP contribution in [0.4, 0.5) is 0 Å². The fourth-order valence-electron chi connectivity index (χ4n) is 1.87. The number of aryl methyl sites for hydroxylation is 3. The molecule has 0 bridgehead atoms. The van der Waals surface area contributed by atoms with Gasteiger partial charge in [-0.3, -0.25) is 4.68 Å². The second-order valence-corrected chi connectivity index (χ2v) is 4.40. The van der Waals surface area contributed by atoms with E-state index in [4.69, 9.17) is 4.74 Å². The number of rotatable bonds is 5. The lowest BCUT2D eigenvalue weighted by Crippen LogP contribution is -2.06. The van der Waals surface area contributed by atoms with Gasteiger partial charge in [0.2, 0.25) is 0 Å². The van der Waals surface area contributed by atoms with Gasteiger partial charge in [-0.25, -0.2) is 0 Å². The molecule has 0 saturated carbocycles. The SMILES string of the molecule is CCc1cc(COc2ccc(C)cc2)n(CC)n1. The van der Waals surface area contributed by atoms with E-state index in [2.05, 4.69) is 44.1 Å². The summed E-state index contributed by atoms with van der Waals surface area (Å²) in [5.74, 6) is 0.905. The van der Waals surface area contributed by atoms with Crippen molar-refractivity contribution in [3.8, 4) is 5.75 Å². The van der Waals surface area contributed by atoms with Gasteiger partial charge in [-0.05, 0) is 38.5 Å². The first-order chi connectivity index (χ1) is 8.72. The minimum atomic E-state index is 0.573. The predicted molar refractivity (Wildman–Crippen MR) is 72.8 cm³/mol. The van der Waals surface area contributed by atoms with Crippen LogP contribution in [0.3, 0.4) is 0 Å². The lowest BCUT2D eigenvalue weighted by atomic mass is 10.2. The molecule has 0 atom stereocenters. The molecule has 2 rings (SSSR count). The van der Waals surface area contributed by atoms with Gasteiger partial charge in [0.15, 0.2) is 0 Å². The van der Waals surface area contributed by atoms with Gasteiger partial charge < -0.3 is 4.74 Å². The first-order valence-electron chi connectivity index (χ1n) is 6.48. The molecule has 0 aliphatic rings. The normalized spacial score (nSPS) is 10.6. The Bertz CT molecular complexity index is 500. The summed E-state index contributed by atoms with van der Waals surface area (Å²) in [6, 6.07) is 10.2. The smallest absolute Gasteiger partial charge is 0.130 e. The Balaban J connectivity index is 2.05. The fourth-order valence-corrected chi connectivity index (χ4v) is 1.87. The van der Waals surface area contributed by atoms with Gasteiger partial charge in [-0.1, -0.05) is 24.6 Å². The highest BCUT2D eigenvalue weighted by molar-refractivity contribution is 5.26. The highest BCUT2D eigenvalue weighted by Crippen LogP contribution is 2.14. The third-order valence-electron chi connectivity index (χ3n) is 2.98. The summed E-state index contributed by atoms with van der Waals surface area (Å²) in [5, 5.41) is 4.51. The standard InChI is InChI=1S/C15H20N2O/c1-4-13-10-14(17(5-2)16-13)11-18-15-8-6-12(3)7-9-15/h6-10H,4-5,11H2,1-3H3. The van der Waals surface area contributed by atoms with Gasteiger partial charge in [0.1, 0.15) is 12.4 Å². The van der Waals surface area contributed by atoms with Gasteiger partial charge in [-0.2, -0.15) is 5.10 Å². The minimum Gasteiger partial charge on any atom is -0.487 e. The van der Waals surface area contributed by atoms with Crippen molar-refractivity contribution in [1.29, 1.82) is 0 Å². The summed E-state index contributed by atoms with van der Waals surface area (Å²) in [6.07, 6.45) is 0.963. The molecule has 0 amide bonds. The number of ether oxygens (including phenoxy) is 1. The number of benzene rings is 1. The van der Waals surface area contributed by atoms with E-state index in [9.17, 15) is 0 Å². The Hall–Kier alpha value is -1.77. The number of nitrogens with zero attached hydrogens (tertiary/aromatic N) is 2. The fraction of sp³-hybridized carbons (Fsp3) is 0.400. The lowest BCUT2D eigenvalue weighted by molar-refractivity contribution is 0.292. The van der Waals surface area contributed by atoms with Gasteiger partial charge in [0.05, 0.1) is 11.4 Å². The first kappa shape index (κ1) is 12.7. The second-order valence-electron chi connectivity index (χ2n) is 4.40. The van der Waals surface area contributed by atoms with E-state index in [-0.39, 0.29) is 0 Å². The Morgan fingerprint density at radius 1 is 1.17 bits per heavy atom. The molecule has 0 saturated heterocycles. The average Bonchev–Trinajstić information content (AvgIpc) is 2.80. The van der Waals surface area contributed by atoms with E-state index >= 15 is 0 Å². The van der Waals surface area contributed by atoms with E-state index < -0.39 is 0 Å². The topological polar surface area (TPSA) is 27.1 Å². The van der Waals surface area contributed by atoms with Crippen molar-refractivity contribution in [2.75, 3.05) is 0 Å². The lowest BCUT2D eigenvalue weighted by Gasteiger charge is -2.07. The zero-order valence-corrected chi connectivity index (χ0v) is 11.3. The highest BCUT2D eigenvalue weighted by Gasteiger charge is 2.06.